The van der Waals surface area contributed by atoms with E-state index in [1.54, 1.807) is 6.07 Å². The van der Waals surface area contributed by atoms with E-state index in [0.717, 1.165) is 12.1 Å². The molecule has 2 aromatic rings. The van der Waals surface area contributed by atoms with E-state index in [0.29, 0.717) is 11.1 Å². The molecule has 0 aliphatic rings. The van der Waals surface area contributed by atoms with Crippen molar-refractivity contribution in [1.29, 1.82) is 0 Å². The van der Waals surface area contributed by atoms with Gasteiger partial charge in [0.15, 0.2) is 0 Å². The first-order valence-corrected chi connectivity index (χ1v) is 5.78. The molecule has 0 heterocycles. The van der Waals surface area contributed by atoms with E-state index in [2.05, 4.69) is 0 Å². The fraction of sp³-hybridized carbons (Fsp3) is 0.0769. The standard InChI is InChI=1S/C13H7ClF3NO2/c14-12-7-9(13(15,16)17)4-5-11(12)8-2-1-3-10(6-8)18(19)20/h1-7H. The normalized spacial score (nSPS) is 11.4. The Morgan fingerprint density at radius 3 is 2.35 bits per heavy atom. The maximum absolute atomic E-state index is 12.5. The lowest BCUT2D eigenvalue weighted by Crippen LogP contribution is -2.04. The summed E-state index contributed by atoms with van der Waals surface area (Å²) in [4.78, 5) is 10.1. The minimum atomic E-state index is -4.48. The molecular weight excluding hydrogens is 295 g/mol. The third-order valence-electron chi connectivity index (χ3n) is 2.66. The molecular formula is C13H7ClF3NO2. The lowest BCUT2D eigenvalue weighted by Gasteiger charge is -2.10. The molecule has 0 radical (unpaired) electrons. The van der Waals surface area contributed by atoms with Gasteiger partial charge in [-0.1, -0.05) is 29.8 Å². The Kier molecular flexibility index (Phi) is 3.67. The van der Waals surface area contributed by atoms with Gasteiger partial charge in [0.2, 0.25) is 0 Å². The predicted molar refractivity (Wildman–Crippen MR) is 68.5 cm³/mol. The van der Waals surface area contributed by atoms with Crippen molar-refractivity contribution in [2.75, 3.05) is 0 Å². The second kappa shape index (κ2) is 5.13. The molecule has 0 aromatic heterocycles. The Balaban J connectivity index is 2.49. The molecule has 0 amide bonds. The van der Waals surface area contributed by atoms with E-state index >= 15 is 0 Å². The van der Waals surface area contributed by atoms with Crippen molar-refractivity contribution in [1.82, 2.24) is 0 Å². The zero-order valence-electron chi connectivity index (χ0n) is 9.82. The van der Waals surface area contributed by atoms with Crippen molar-refractivity contribution in [3.05, 3.63) is 63.2 Å². The van der Waals surface area contributed by atoms with E-state index in [1.165, 1.54) is 24.3 Å². The quantitative estimate of drug-likeness (QED) is 0.583. The molecule has 0 bridgehead atoms. The van der Waals surface area contributed by atoms with Gasteiger partial charge in [-0.15, -0.1) is 0 Å². The molecule has 0 aliphatic carbocycles. The maximum atomic E-state index is 12.5. The third kappa shape index (κ3) is 2.91. The highest BCUT2D eigenvalue weighted by molar-refractivity contribution is 6.33. The second-order valence-electron chi connectivity index (χ2n) is 4.00. The van der Waals surface area contributed by atoms with Crippen LogP contribution in [0.3, 0.4) is 0 Å². The number of benzene rings is 2. The average molecular weight is 302 g/mol. The molecule has 0 N–H and O–H groups in total. The fourth-order valence-electron chi connectivity index (χ4n) is 1.71. The third-order valence-corrected chi connectivity index (χ3v) is 2.98. The number of alkyl halides is 3. The fourth-order valence-corrected chi connectivity index (χ4v) is 2.00. The Labute approximate surface area is 116 Å². The summed E-state index contributed by atoms with van der Waals surface area (Å²) < 4.78 is 37.6. The van der Waals surface area contributed by atoms with Gasteiger partial charge in [-0.3, -0.25) is 10.1 Å². The van der Waals surface area contributed by atoms with Crippen LogP contribution in [-0.4, -0.2) is 4.92 Å². The highest BCUT2D eigenvalue weighted by Crippen LogP contribution is 2.36. The van der Waals surface area contributed by atoms with Crippen LogP contribution in [0.2, 0.25) is 5.02 Å². The van der Waals surface area contributed by atoms with Crippen molar-refractivity contribution in [3.8, 4) is 11.1 Å². The SMILES string of the molecule is O=[N+]([O-])c1cccc(-c2ccc(C(F)(F)F)cc2Cl)c1. The van der Waals surface area contributed by atoms with E-state index in [1.807, 2.05) is 0 Å². The van der Waals surface area contributed by atoms with Crippen LogP contribution in [0.25, 0.3) is 11.1 Å². The van der Waals surface area contributed by atoms with Crippen molar-refractivity contribution in [3.63, 3.8) is 0 Å². The van der Waals surface area contributed by atoms with Crippen molar-refractivity contribution in [2.45, 2.75) is 6.18 Å². The molecule has 20 heavy (non-hydrogen) atoms. The van der Waals surface area contributed by atoms with Crippen LogP contribution in [0, 0.1) is 10.1 Å². The van der Waals surface area contributed by atoms with Crippen LogP contribution >= 0.6 is 11.6 Å². The van der Waals surface area contributed by atoms with E-state index in [-0.39, 0.29) is 10.7 Å². The first-order valence-electron chi connectivity index (χ1n) is 5.40. The number of non-ortho nitro benzene ring substituents is 1. The predicted octanol–water partition coefficient (Wildman–Crippen LogP) is 4.93. The highest BCUT2D eigenvalue weighted by atomic mass is 35.5. The number of nitro groups is 1. The molecule has 0 atom stereocenters. The molecule has 0 aliphatic heterocycles. The Bertz CT molecular complexity index is 671. The highest BCUT2D eigenvalue weighted by Gasteiger charge is 2.31. The summed E-state index contributed by atoms with van der Waals surface area (Å²) in [6, 6.07) is 8.43. The Morgan fingerprint density at radius 2 is 1.80 bits per heavy atom. The molecule has 3 nitrogen and oxygen atoms in total. The zero-order chi connectivity index (χ0) is 14.9. The van der Waals surface area contributed by atoms with Gasteiger partial charge in [-0.25, -0.2) is 0 Å². The minimum absolute atomic E-state index is 0.111. The van der Waals surface area contributed by atoms with E-state index in [4.69, 9.17) is 11.6 Å². The molecule has 0 saturated heterocycles. The van der Waals surface area contributed by atoms with Crippen LogP contribution in [0.15, 0.2) is 42.5 Å². The summed E-state index contributed by atoms with van der Waals surface area (Å²) in [5.41, 5.74) is -0.323. The largest absolute Gasteiger partial charge is 0.416 e. The summed E-state index contributed by atoms with van der Waals surface area (Å²) >= 11 is 5.83. The van der Waals surface area contributed by atoms with Gasteiger partial charge in [0, 0.05) is 22.7 Å². The van der Waals surface area contributed by atoms with Crippen molar-refractivity contribution >= 4 is 17.3 Å². The molecule has 104 valence electrons. The lowest BCUT2D eigenvalue weighted by atomic mass is 10.0. The van der Waals surface area contributed by atoms with Crippen LogP contribution in [0.1, 0.15) is 5.56 Å². The summed E-state index contributed by atoms with van der Waals surface area (Å²) in [7, 11) is 0. The van der Waals surface area contributed by atoms with Gasteiger partial charge < -0.3 is 0 Å². The molecule has 7 heteroatoms. The Hall–Kier alpha value is -2.08. The molecule has 0 unspecified atom stereocenters. The van der Waals surface area contributed by atoms with Crippen molar-refractivity contribution in [2.24, 2.45) is 0 Å². The first kappa shape index (κ1) is 14.3. The zero-order valence-corrected chi connectivity index (χ0v) is 10.6. The number of hydrogen-bond donors (Lipinski definition) is 0. The minimum Gasteiger partial charge on any atom is -0.258 e. The topological polar surface area (TPSA) is 43.1 Å². The first-order chi connectivity index (χ1) is 9.29. The van der Waals surface area contributed by atoms with Crippen molar-refractivity contribution < 1.29 is 18.1 Å². The summed E-state index contributed by atoms with van der Waals surface area (Å²) in [5, 5.41) is 10.6. The molecule has 0 spiro atoms. The monoisotopic (exact) mass is 301 g/mol. The smallest absolute Gasteiger partial charge is 0.258 e. The summed E-state index contributed by atoms with van der Waals surface area (Å²) in [5.74, 6) is 0. The van der Waals surface area contributed by atoms with Gasteiger partial charge in [-0.05, 0) is 17.7 Å². The molecule has 0 fully saturated rings. The van der Waals surface area contributed by atoms with Crippen LogP contribution in [-0.2, 0) is 6.18 Å². The van der Waals surface area contributed by atoms with Gasteiger partial charge in [-0.2, -0.15) is 13.2 Å². The number of nitro benzene ring substituents is 1. The van der Waals surface area contributed by atoms with Gasteiger partial charge >= 0.3 is 6.18 Å². The molecule has 2 aromatic carbocycles. The second-order valence-corrected chi connectivity index (χ2v) is 4.41. The number of halogens is 4. The lowest BCUT2D eigenvalue weighted by molar-refractivity contribution is -0.384. The summed E-state index contributed by atoms with van der Waals surface area (Å²) in [6.07, 6.45) is -4.48. The van der Waals surface area contributed by atoms with Crippen LogP contribution in [0.5, 0.6) is 0 Å². The molecule has 2 rings (SSSR count). The number of hydrogen-bond acceptors (Lipinski definition) is 2. The Morgan fingerprint density at radius 1 is 1.10 bits per heavy atom. The average Bonchev–Trinajstić information content (AvgIpc) is 2.37. The van der Waals surface area contributed by atoms with E-state index < -0.39 is 16.7 Å². The van der Waals surface area contributed by atoms with E-state index in [9.17, 15) is 23.3 Å². The van der Waals surface area contributed by atoms with Gasteiger partial charge in [0.05, 0.1) is 10.5 Å². The number of rotatable bonds is 2. The van der Waals surface area contributed by atoms with Crippen LogP contribution < -0.4 is 0 Å². The number of nitrogens with zero attached hydrogens (tertiary/aromatic N) is 1. The van der Waals surface area contributed by atoms with Gasteiger partial charge in [0.1, 0.15) is 0 Å². The van der Waals surface area contributed by atoms with Gasteiger partial charge in [0.25, 0.3) is 5.69 Å². The summed E-state index contributed by atoms with van der Waals surface area (Å²) in [6.45, 7) is 0. The van der Waals surface area contributed by atoms with Crippen LogP contribution in [0.4, 0.5) is 18.9 Å². The molecule has 0 saturated carbocycles. The maximum Gasteiger partial charge on any atom is 0.416 e.